The van der Waals surface area contributed by atoms with Crippen LogP contribution in [-0.4, -0.2) is 29.1 Å². The Morgan fingerprint density at radius 2 is 1.97 bits per heavy atom. The molecule has 7 heteroatoms. The second-order valence-corrected chi connectivity index (χ2v) is 7.97. The second kappa shape index (κ2) is 8.33. The van der Waals surface area contributed by atoms with Crippen molar-refractivity contribution in [3.05, 3.63) is 52.8 Å². The Morgan fingerprint density at radius 1 is 1.17 bits per heavy atom. The van der Waals surface area contributed by atoms with Gasteiger partial charge in [-0.2, -0.15) is 0 Å². The second-order valence-electron chi connectivity index (χ2n) is 7.54. The molecule has 0 bridgehead atoms. The number of nitrogens with one attached hydrogen (secondary N) is 2. The van der Waals surface area contributed by atoms with Crippen molar-refractivity contribution in [1.29, 1.82) is 0 Å². The Labute approximate surface area is 174 Å². The van der Waals surface area contributed by atoms with Crippen LogP contribution >= 0.6 is 11.6 Å². The van der Waals surface area contributed by atoms with Crippen molar-refractivity contribution >= 4 is 28.5 Å². The molecular formula is C22H24ClN3O3. The van der Waals surface area contributed by atoms with Gasteiger partial charge < -0.3 is 19.8 Å². The van der Waals surface area contributed by atoms with E-state index < -0.39 is 0 Å². The number of imidazole rings is 1. The van der Waals surface area contributed by atoms with Crippen LogP contribution in [0.15, 0.2) is 36.4 Å². The lowest BCUT2D eigenvalue weighted by Crippen LogP contribution is -2.32. The number of rotatable bonds is 6. The maximum Gasteiger partial charge on any atom is 0.220 e. The number of nitrogens with zero attached hydrogens (tertiary/aromatic N) is 1. The lowest BCUT2D eigenvalue weighted by atomic mass is 9.95. The predicted octanol–water partition coefficient (Wildman–Crippen LogP) is 4.43. The van der Waals surface area contributed by atoms with E-state index in [9.17, 15) is 4.79 Å². The number of carbonyl (C=O) groups excluding carboxylic acids is 1. The molecule has 1 aliphatic heterocycles. The van der Waals surface area contributed by atoms with Gasteiger partial charge in [-0.15, -0.1) is 0 Å². The highest BCUT2D eigenvalue weighted by atomic mass is 35.5. The summed E-state index contributed by atoms with van der Waals surface area (Å²) in [5.74, 6) is 2.47. The largest absolute Gasteiger partial charge is 0.486 e. The van der Waals surface area contributed by atoms with Gasteiger partial charge in [-0.05, 0) is 41.8 Å². The van der Waals surface area contributed by atoms with Crippen molar-refractivity contribution in [2.75, 3.05) is 13.2 Å². The summed E-state index contributed by atoms with van der Waals surface area (Å²) in [4.78, 5) is 20.4. The number of aromatic amines is 1. The molecule has 0 spiro atoms. The molecule has 2 N–H and O–H groups in total. The molecule has 0 aliphatic carbocycles. The fourth-order valence-electron chi connectivity index (χ4n) is 3.52. The van der Waals surface area contributed by atoms with E-state index >= 15 is 0 Å². The van der Waals surface area contributed by atoms with Crippen LogP contribution in [0.2, 0.25) is 5.02 Å². The number of hydrogen-bond donors (Lipinski definition) is 2. The average molecular weight is 414 g/mol. The van der Waals surface area contributed by atoms with E-state index in [0.29, 0.717) is 31.1 Å². The molecule has 1 aliphatic rings. The van der Waals surface area contributed by atoms with Gasteiger partial charge in [-0.3, -0.25) is 4.79 Å². The minimum atomic E-state index is -0.104. The molecule has 0 fully saturated rings. The Morgan fingerprint density at radius 3 is 2.76 bits per heavy atom. The van der Waals surface area contributed by atoms with Crippen LogP contribution in [0.1, 0.15) is 37.7 Å². The third kappa shape index (κ3) is 4.48. The molecule has 6 nitrogen and oxygen atoms in total. The number of ether oxygens (including phenoxy) is 2. The van der Waals surface area contributed by atoms with E-state index in [4.69, 9.17) is 21.1 Å². The number of fused-ring (bicyclic) bond motifs is 2. The molecule has 1 aromatic heterocycles. The van der Waals surface area contributed by atoms with Gasteiger partial charge in [-0.1, -0.05) is 31.5 Å². The van der Waals surface area contributed by atoms with Gasteiger partial charge in [0.25, 0.3) is 0 Å². The van der Waals surface area contributed by atoms with E-state index in [-0.39, 0.29) is 17.9 Å². The van der Waals surface area contributed by atoms with E-state index in [1.54, 1.807) is 0 Å². The zero-order valence-corrected chi connectivity index (χ0v) is 17.3. The molecular weight excluding hydrogens is 390 g/mol. The van der Waals surface area contributed by atoms with Crippen LogP contribution in [0, 0.1) is 5.92 Å². The summed E-state index contributed by atoms with van der Waals surface area (Å²) >= 11 is 6.02. The van der Waals surface area contributed by atoms with E-state index in [0.717, 1.165) is 33.9 Å². The Kier molecular flexibility index (Phi) is 5.62. The molecule has 0 saturated carbocycles. The molecule has 29 heavy (non-hydrogen) atoms. The predicted molar refractivity (Wildman–Crippen MR) is 113 cm³/mol. The molecule has 0 unspecified atom stereocenters. The molecule has 2 heterocycles. The minimum Gasteiger partial charge on any atom is -0.486 e. The summed E-state index contributed by atoms with van der Waals surface area (Å²) in [5, 5.41) is 3.81. The summed E-state index contributed by atoms with van der Waals surface area (Å²) in [6.45, 7) is 5.28. The molecule has 0 saturated heterocycles. The summed E-state index contributed by atoms with van der Waals surface area (Å²) in [7, 11) is 0. The maximum absolute atomic E-state index is 12.6. The van der Waals surface area contributed by atoms with Crippen LogP contribution in [0.4, 0.5) is 0 Å². The van der Waals surface area contributed by atoms with Gasteiger partial charge in [0.05, 0.1) is 17.1 Å². The summed E-state index contributed by atoms with van der Waals surface area (Å²) in [6, 6.07) is 11.3. The number of carbonyl (C=O) groups is 1. The monoisotopic (exact) mass is 413 g/mol. The quantitative estimate of drug-likeness (QED) is 0.626. The van der Waals surface area contributed by atoms with Gasteiger partial charge in [-0.25, -0.2) is 4.98 Å². The number of H-pyrrole nitrogens is 1. The smallest absolute Gasteiger partial charge is 0.220 e. The van der Waals surface area contributed by atoms with Crippen molar-refractivity contribution in [3.63, 3.8) is 0 Å². The van der Waals surface area contributed by atoms with E-state index in [1.807, 2.05) is 36.4 Å². The maximum atomic E-state index is 12.6. The van der Waals surface area contributed by atoms with Crippen LogP contribution in [-0.2, 0) is 11.2 Å². The Bertz CT molecular complexity index is 1030. The fraction of sp³-hybridized carbons (Fsp3) is 0.364. The first-order valence-electron chi connectivity index (χ1n) is 9.82. The molecule has 1 atom stereocenters. The van der Waals surface area contributed by atoms with E-state index in [1.165, 1.54) is 0 Å². The van der Waals surface area contributed by atoms with E-state index in [2.05, 4.69) is 29.1 Å². The lowest BCUT2D eigenvalue weighted by Gasteiger charge is -2.25. The summed E-state index contributed by atoms with van der Waals surface area (Å²) < 4.78 is 11.3. The third-order valence-corrected chi connectivity index (χ3v) is 5.23. The van der Waals surface area contributed by atoms with Gasteiger partial charge in [0.15, 0.2) is 11.5 Å². The van der Waals surface area contributed by atoms with Crippen molar-refractivity contribution in [2.24, 2.45) is 5.92 Å². The van der Waals surface area contributed by atoms with Crippen molar-refractivity contribution in [2.45, 2.75) is 32.7 Å². The van der Waals surface area contributed by atoms with Crippen LogP contribution < -0.4 is 14.8 Å². The molecule has 4 rings (SSSR count). The van der Waals surface area contributed by atoms with Gasteiger partial charge in [0.2, 0.25) is 5.91 Å². The molecule has 3 aromatic rings. The zero-order valence-electron chi connectivity index (χ0n) is 16.5. The van der Waals surface area contributed by atoms with Crippen molar-refractivity contribution in [3.8, 4) is 11.5 Å². The molecule has 152 valence electrons. The average Bonchev–Trinajstić information content (AvgIpc) is 3.12. The highest BCUT2D eigenvalue weighted by molar-refractivity contribution is 6.31. The summed E-state index contributed by atoms with van der Waals surface area (Å²) in [5.41, 5.74) is 2.74. The zero-order chi connectivity index (χ0) is 20.4. The Hall–Kier alpha value is -2.73. The number of aromatic nitrogens is 2. The van der Waals surface area contributed by atoms with Crippen molar-refractivity contribution < 1.29 is 14.3 Å². The SMILES string of the molecule is CC(C)[C@@H](NC(=O)CCc1nc2ccc(Cl)cc2[nH]1)c1ccc2c(c1)OCCO2. The minimum absolute atomic E-state index is 0.0166. The number of halogens is 1. The number of benzene rings is 2. The van der Waals surface area contributed by atoms with Crippen LogP contribution in [0.25, 0.3) is 11.0 Å². The van der Waals surface area contributed by atoms with Gasteiger partial charge in [0.1, 0.15) is 19.0 Å². The highest BCUT2D eigenvalue weighted by Crippen LogP contribution is 2.34. The highest BCUT2D eigenvalue weighted by Gasteiger charge is 2.21. The van der Waals surface area contributed by atoms with Crippen molar-refractivity contribution in [1.82, 2.24) is 15.3 Å². The first-order chi connectivity index (χ1) is 14.0. The number of amides is 1. The normalized spacial score (nSPS) is 14.2. The number of aryl methyl sites for hydroxylation is 1. The van der Waals surface area contributed by atoms with Gasteiger partial charge >= 0.3 is 0 Å². The fourth-order valence-corrected chi connectivity index (χ4v) is 3.69. The first kappa shape index (κ1) is 19.6. The molecule has 2 aromatic carbocycles. The number of hydrogen-bond acceptors (Lipinski definition) is 4. The first-order valence-corrected chi connectivity index (χ1v) is 10.2. The molecule has 0 radical (unpaired) electrons. The lowest BCUT2D eigenvalue weighted by molar-refractivity contribution is -0.122. The van der Waals surface area contributed by atoms with Gasteiger partial charge in [0, 0.05) is 17.9 Å². The standard InChI is InChI=1S/C22H24ClN3O3/c1-13(2)22(14-3-6-18-19(11-14)29-10-9-28-18)26-21(27)8-7-20-24-16-5-4-15(23)12-17(16)25-20/h3-6,11-13,22H,7-10H2,1-2H3,(H,24,25)(H,26,27)/t22-/m1/s1. The topological polar surface area (TPSA) is 76.2 Å². The Balaban J connectivity index is 1.42. The summed E-state index contributed by atoms with van der Waals surface area (Å²) in [6.07, 6.45) is 0.880. The van der Waals surface area contributed by atoms with Crippen LogP contribution in [0.5, 0.6) is 11.5 Å². The molecule has 1 amide bonds. The third-order valence-electron chi connectivity index (χ3n) is 4.99. The van der Waals surface area contributed by atoms with Crippen LogP contribution in [0.3, 0.4) is 0 Å².